The lowest BCUT2D eigenvalue weighted by Gasteiger charge is -2.11. The van der Waals surface area contributed by atoms with E-state index >= 15 is 0 Å². The largest absolute Gasteiger partial charge is 0.299 e. The molecule has 15 heavy (non-hydrogen) atoms. The van der Waals surface area contributed by atoms with Crippen LogP contribution >= 0.6 is 11.8 Å². The van der Waals surface area contributed by atoms with Crippen molar-refractivity contribution in [3.8, 4) is 0 Å². The van der Waals surface area contributed by atoms with E-state index in [1.807, 2.05) is 0 Å². The van der Waals surface area contributed by atoms with Crippen LogP contribution in [0.25, 0.3) is 0 Å². The Hall–Kier alpha value is -0.760. The molecule has 0 saturated heterocycles. The predicted molar refractivity (Wildman–Crippen MR) is 66.5 cm³/mol. The molecule has 0 radical (unpaired) electrons. The highest BCUT2D eigenvalue weighted by atomic mass is 32.2. The summed E-state index contributed by atoms with van der Waals surface area (Å²) in [5, 5.41) is 0.104. The second-order valence-electron chi connectivity index (χ2n) is 3.87. The number of hydrogen-bond donors (Lipinski definition) is 0. The summed E-state index contributed by atoms with van der Waals surface area (Å²) in [6.45, 7) is 7.93. The van der Waals surface area contributed by atoms with Gasteiger partial charge in [-0.05, 0) is 50.5 Å². The SMILES string of the molecule is CCC(Sc1ccc(C)c(C)c1)C(C)=O. The number of benzene rings is 1. The molecule has 0 fully saturated rings. The zero-order chi connectivity index (χ0) is 11.4. The minimum absolute atomic E-state index is 0.104. The van der Waals surface area contributed by atoms with Gasteiger partial charge >= 0.3 is 0 Å². The van der Waals surface area contributed by atoms with Gasteiger partial charge in [-0.3, -0.25) is 4.79 Å². The Morgan fingerprint density at radius 3 is 2.47 bits per heavy atom. The molecule has 82 valence electrons. The number of Topliss-reactive ketones (excluding diaryl/α,β-unsaturated/α-hetero) is 1. The highest BCUT2D eigenvalue weighted by Crippen LogP contribution is 2.27. The summed E-state index contributed by atoms with van der Waals surface area (Å²) in [6, 6.07) is 6.37. The maximum Gasteiger partial charge on any atom is 0.143 e. The Bertz CT molecular complexity index is 358. The van der Waals surface area contributed by atoms with Crippen LogP contribution in [0.5, 0.6) is 0 Å². The fourth-order valence-electron chi connectivity index (χ4n) is 1.41. The molecule has 1 unspecified atom stereocenters. The van der Waals surface area contributed by atoms with E-state index in [4.69, 9.17) is 0 Å². The van der Waals surface area contributed by atoms with Crippen LogP contribution in [0.3, 0.4) is 0 Å². The number of rotatable bonds is 4. The van der Waals surface area contributed by atoms with Gasteiger partial charge < -0.3 is 0 Å². The monoisotopic (exact) mass is 222 g/mol. The molecule has 1 rings (SSSR count). The van der Waals surface area contributed by atoms with Crippen LogP contribution in [0.4, 0.5) is 0 Å². The molecule has 1 aromatic rings. The second-order valence-corrected chi connectivity index (χ2v) is 5.15. The van der Waals surface area contributed by atoms with Gasteiger partial charge in [0.05, 0.1) is 5.25 Å². The molecule has 0 aliphatic carbocycles. The molecule has 0 N–H and O–H groups in total. The lowest BCUT2D eigenvalue weighted by atomic mass is 10.1. The summed E-state index contributed by atoms with van der Waals surface area (Å²) in [7, 11) is 0. The molecule has 1 aromatic carbocycles. The minimum atomic E-state index is 0.104. The molecule has 0 aliphatic heterocycles. The average molecular weight is 222 g/mol. The van der Waals surface area contributed by atoms with Crippen molar-refractivity contribution in [2.24, 2.45) is 0 Å². The van der Waals surface area contributed by atoms with E-state index in [9.17, 15) is 4.79 Å². The first-order valence-corrected chi connectivity index (χ1v) is 6.17. The number of thioether (sulfide) groups is 1. The van der Waals surface area contributed by atoms with Gasteiger partial charge in [0.2, 0.25) is 0 Å². The molecular weight excluding hydrogens is 204 g/mol. The van der Waals surface area contributed by atoms with Gasteiger partial charge in [0, 0.05) is 4.90 Å². The fourth-order valence-corrected chi connectivity index (χ4v) is 2.46. The maximum atomic E-state index is 11.3. The molecule has 0 saturated carbocycles. The Kier molecular flexibility index (Phi) is 4.40. The second kappa shape index (κ2) is 5.36. The molecule has 0 spiro atoms. The van der Waals surface area contributed by atoms with Crippen molar-refractivity contribution in [3.05, 3.63) is 29.3 Å². The Balaban J connectivity index is 2.80. The van der Waals surface area contributed by atoms with Gasteiger partial charge in [-0.15, -0.1) is 11.8 Å². The van der Waals surface area contributed by atoms with Gasteiger partial charge in [-0.2, -0.15) is 0 Å². The molecule has 2 heteroatoms. The average Bonchev–Trinajstić information content (AvgIpc) is 2.19. The van der Waals surface area contributed by atoms with Gasteiger partial charge in [0.25, 0.3) is 0 Å². The van der Waals surface area contributed by atoms with Crippen molar-refractivity contribution in [1.82, 2.24) is 0 Å². The lowest BCUT2D eigenvalue weighted by molar-refractivity contribution is -0.116. The summed E-state index contributed by atoms with van der Waals surface area (Å²) in [5.41, 5.74) is 2.59. The highest BCUT2D eigenvalue weighted by molar-refractivity contribution is 8.00. The van der Waals surface area contributed by atoms with E-state index in [1.54, 1.807) is 18.7 Å². The Morgan fingerprint density at radius 2 is 2.00 bits per heavy atom. The van der Waals surface area contributed by atoms with Crippen LogP contribution < -0.4 is 0 Å². The number of hydrogen-bond acceptors (Lipinski definition) is 2. The molecule has 0 heterocycles. The highest BCUT2D eigenvalue weighted by Gasteiger charge is 2.13. The van der Waals surface area contributed by atoms with E-state index in [2.05, 4.69) is 39.0 Å². The zero-order valence-electron chi connectivity index (χ0n) is 9.83. The standard InChI is InChI=1S/C13H18OS/c1-5-13(11(4)14)15-12-7-6-9(2)10(3)8-12/h6-8,13H,5H2,1-4H3. The smallest absolute Gasteiger partial charge is 0.143 e. The third-order valence-corrected chi connectivity index (χ3v) is 4.06. The molecule has 0 bridgehead atoms. The fraction of sp³-hybridized carbons (Fsp3) is 0.462. The van der Waals surface area contributed by atoms with E-state index < -0.39 is 0 Å². The summed E-state index contributed by atoms with van der Waals surface area (Å²) >= 11 is 1.67. The normalized spacial score (nSPS) is 12.5. The molecule has 0 aromatic heterocycles. The van der Waals surface area contributed by atoms with Crippen LogP contribution in [0.2, 0.25) is 0 Å². The van der Waals surface area contributed by atoms with Crippen LogP contribution in [0.15, 0.2) is 23.1 Å². The van der Waals surface area contributed by atoms with Crippen molar-refractivity contribution in [1.29, 1.82) is 0 Å². The third-order valence-electron chi connectivity index (χ3n) is 2.58. The van der Waals surface area contributed by atoms with Crippen molar-refractivity contribution in [2.75, 3.05) is 0 Å². The topological polar surface area (TPSA) is 17.1 Å². The van der Waals surface area contributed by atoms with Crippen molar-refractivity contribution in [2.45, 2.75) is 44.3 Å². The summed E-state index contributed by atoms with van der Waals surface area (Å²) in [6.07, 6.45) is 0.896. The maximum absolute atomic E-state index is 11.3. The van der Waals surface area contributed by atoms with Gasteiger partial charge in [0.1, 0.15) is 5.78 Å². The molecular formula is C13H18OS. The van der Waals surface area contributed by atoms with E-state index in [-0.39, 0.29) is 11.0 Å². The molecule has 0 amide bonds. The first-order chi connectivity index (χ1) is 7.04. The van der Waals surface area contributed by atoms with Crippen LogP contribution in [-0.4, -0.2) is 11.0 Å². The summed E-state index contributed by atoms with van der Waals surface area (Å²) in [5.74, 6) is 0.265. The van der Waals surface area contributed by atoms with Crippen LogP contribution in [0.1, 0.15) is 31.4 Å². The summed E-state index contributed by atoms with van der Waals surface area (Å²) in [4.78, 5) is 12.5. The summed E-state index contributed by atoms with van der Waals surface area (Å²) < 4.78 is 0. The van der Waals surface area contributed by atoms with Crippen LogP contribution in [0, 0.1) is 13.8 Å². The number of aryl methyl sites for hydroxylation is 2. The number of carbonyl (C=O) groups excluding carboxylic acids is 1. The first kappa shape index (κ1) is 12.3. The quantitative estimate of drug-likeness (QED) is 0.721. The van der Waals surface area contributed by atoms with Gasteiger partial charge in [-0.1, -0.05) is 13.0 Å². The van der Waals surface area contributed by atoms with E-state index in [0.29, 0.717) is 0 Å². The first-order valence-electron chi connectivity index (χ1n) is 5.29. The van der Waals surface area contributed by atoms with E-state index in [0.717, 1.165) is 6.42 Å². The third kappa shape index (κ3) is 3.38. The predicted octanol–water partition coefficient (Wildman–Crippen LogP) is 3.76. The van der Waals surface area contributed by atoms with Crippen molar-refractivity contribution < 1.29 is 4.79 Å². The molecule has 0 aliphatic rings. The molecule has 1 nitrogen and oxygen atoms in total. The number of carbonyl (C=O) groups is 1. The van der Waals surface area contributed by atoms with Gasteiger partial charge in [-0.25, -0.2) is 0 Å². The van der Waals surface area contributed by atoms with Crippen molar-refractivity contribution >= 4 is 17.5 Å². The number of ketones is 1. The Labute approximate surface area is 96.3 Å². The van der Waals surface area contributed by atoms with Crippen LogP contribution in [-0.2, 0) is 4.79 Å². The zero-order valence-corrected chi connectivity index (χ0v) is 10.6. The van der Waals surface area contributed by atoms with Gasteiger partial charge in [0.15, 0.2) is 0 Å². The Morgan fingerprint density at radius 1 is 1.33 bits per heavy atom. The minimum Gasteiger partial charge on any atom is -0.299 e. The van der Waals surface area contributed by atoms with Crippen molar-refractivity contribution in [3.63, 3.8) is 0 Å². The molecule has 1 atom stereocenters. The lowest BCUT2D eigenvalue weighted by Crippen LogP contribution is -2.11. The van der Waals surface area contributed by atoms with E-state index in [1.165, 1.54) is 16.0 Å².